The number of carbonyl (C=O) groups excluding carboxylic acids is 1. The molecule has 0 fully saturated rings. The minimum Gasteiger partial charge on any atom is -0.330 e. The van der Waals surface area contributed by atoms with E-state index < -0.39 is 0 Å². The lowest BCUT2D eigenvalue weighted by Crippen LogP contribution is -2.28. The smallest absolute Gasteiger partial charge is 0.256 e. The minimum absolute atomic E-state index is 0.0305. The molecule has 0 aromatic heterocycles. The highest BCUT2D eigenvalue weighted by Gasteiger charge is 2.33. The third-order valence-electron chi connectivity index (χ3n) is 3.18. The van der Waals surface area contributed by atoms with Crippen LogP contribution in [0.5, 0.6) is 0 Å². The molecular weight excluding hydrogens is 226 g/mol. The molecule has 96 valence electrons. The van der Waals surface area contributed by atoms with E-state index in [1.807, 2.05) is 32.9 Å². The second kappa shape index (κ2) is 4.90. The Labute approximate surface area is 107 Å². The molecule has 1 aliphatic rings. The number of amides is 1. The van der Waals surface area contributed by atoms with Crippen LogP contribution >= 0.6 is 0 Å². The summed E-state index contributed by atoms with van der Waals surface area (Å²) in [5.74, 6) is -0.126. The molecule has 1 aromatic rings. The summed E-state index contributed by atoms with van der Waals surface area (Å²) in [4.78, 5) is 12.3. The summed E-state index contributed by atoms with van der Waals surface area (Å²) in [6.45, 7) is 6.43. The first-order valence-corrected chi connectivity index (χ1v) is 6.20. The van der Waals surface area contributed by atoms with E-state index in [-0.39, 0.29) is 11.8 Å². The molecule has 4 nitrogen and oxygen atoms in total. The first kappa shape index (κ1) is 12.8. The van der Waals surface area contributed by atoms with Gasteiger partial charge in [0, 0.05) is 5.71 Å². The highest BCUT2D eigenvalue weighted by molar-refractivity contribution is 6.14. The van der Waals surface area contributed by atoms with E-state index in [9.17, 15) is 4.79 Å². The van der Waals surface area contributed by atoms with Gasteiger partial charge in [-0.2, -0.15) is 5.10 Å². The van der Waals surface area contributed by atoms with Crippen molar-refractivity contribution in [2.75, 3.05) is 11.6 Å². The first-order valence-electron chi connectivity index (χ1n) is 6.20. The molecule has 0 saturated carbocycles. The fourth-order valence-electron chi connectivity index (χ4n) is 2.36. The maximum Gasteiger partial charge on any atom is 0.256 e. The summed E-state index contributed by atoms with van der Waals surface area (Å²) in [5, 5.41) is 5.88. The Morgan fingerprint density at radius 1 is 1.22 bits per heavy atom. The van der Waals surface area contributed by atoms with Crippen molar-refractivity contribution >= 4 is 17.3 Å². The van der Waals surface area contributed by atoms with Crippen molar-refractivity contribution in [3.63, 3.8) is 0 Å². The molecular formula is C14H19N3O. The lowest BCUT2D eigenvalue weighted by molar-refractivity contribution is -0.119. The summed E-state index contributed by atoms with van der Waals surface area (Å²) in [7, 11) is 0. The number of nitrogens with zero attached hydrogens (tertiary/aromatic N) is 2. The second-order valence-electron chi connectivity index (χ2n) is 4.87. The van der Waals surface area contributed by atoms with E-state index in [1.54, 1.807) is 0 Å². The SMILES string of the molecule is CC1=NN(c2cc(C)cc(C)c2)C(=O)C1CCN. The predicted octanol–water partition coefficient (Wildman–Crippen LogP) is 1.99. The molecule has 1 aliphatic heterocycles. The van der Waals surface area contributed by atoms with Crippen molar-refractivity contribution in [1.82, 2.24) is 0 Å². The van der Waals surface area contributed by atoms with E-state index >= 15 is 0 Å². The lowest BCUT2D eigenvalue weighted by atomic mass is 10.0. The van der Waals surface area contributed by atoms with Gasteiger partial charge in [-0.15, -0.1) is 0 Å². The van der Waals surface area contributed by atoms with E-state index in [4.69, 9.17) is 5.73 Å². The molecule has 0 aliphatic carbocycles. The number of anilines is 1. The fourth-order valence-corrected chi connectivity index (χ4v) is 2.36. The van der Waals surface area contributed by atoms with E-state index in [0.29, 0.717) is 13.0 Å². The van der Waals surface area contributed by atoms with Gasteiger partial charge in [0.15, 0.2) is 0 Å². The predicted molar refractivity (Wildman–Crippen MR) is 73.7 cm³/mol. The third kappa shape index (κ3) is 2.29. The average molecular weight is 245 g/mol. The molecule has 18 heavy (non-hydrogen) atoms. The number of rotatable bonds is 3. The van der Waals surface area contributed by atoms with Crippen LogP contribution in [0.4, 0.5) is 5.69 Å². The van der Waals surface area contributed by atoms with Gasteiger partial charge >= 0.3 is 0 Å². The molecule has 2 N–H and O–H groups in total. The molecule has 0 spiro atoms. The Hall–Kier alpha value is -1.68. The molecule has 1 unspecified atom stereocenters. The largest absolute Gasteiger partial charge is 0.330 e. The quantitative estimate of drug-likeness (QED) is 0.885. The molecule has 4 heteroatoms. The summed E-state index contributed by atoms with van der Waals surface area (Å²) in [6, 6.07) is 6.04. The van der Waals surface area contributed by atoms with Crippen LogP contribution in [0.2, 0.25) is 0 Å². The van der Waals surface area contributed by atoms with Crippen molar-refractivity contribution in [3.8, 4) is 0 Å². The highest BCUT2D eigenvalue weighted by atomic mass is 16.2. The Bertz CT molecular complexity index is 488. The molecule has 0 bridgehead atoms. The topological polar surface area (TPSA) is 58.7 Å². The zero-order valence-electron chi connectivity index (χ0n) is 11.1. The van der Waals surface area contributed by atoms with Gasteiger partial charge in [-0.05, 0) is 57.0 Å². The molecule has 0 radical (unpaired) electrons. The van der Waals surface area contributed by atoms with Crippen molar-refractivity contribution in [1.29, 1.82) is 0 Å². The number of hydrogen-bond acceptors (Lipinski definition) is 3. The van der Waals surface area contributed by atoms with Gasteiger partial charge in [-0.25, -0.2) is 5.01 Å². The summed E-state index contributed by atoms with van der Waals surface area (Å²) < 4.78 is 0. The number of hydrazone groups is 1. The van der Waals surface area contributed by atoms with Crippen molar-refractivity contribution in [2.45, 2.75) is 27.2 Å². The number of benzene rings is 1. The Balaban J connectivity index is 2.33. The zero-order chi connectivity index (χ0) is 13.3. The van der Waals surface area contributed by atoms with E-state index in [2.05, 4.69) is 11.2 Å². The summed E-state index contributed by atoms with van der Waals surface area (Å²) in [6.07, 6.45) is 0.662. The van der Waals surface area contributed by atoms with Gasteiger partial charge in [0.1, 0.15) is 0 Å². The van der Waals surface area contributed by atoms with Crippen LogP contribution in [0.1, 0.15) is 24.5 Å². The Morgan fingerprint density at radius 3 is 2.39 bits per heavy atom. The number of hydrogen-bond donors (Lipinski definition) is 1. The molecule has 1 amide bonds. The molecule has 2 rings (SSSR count). The van der Waals surface area contributed by atoms with Crippen molar-refractivity contribution in [3.05, 3.63) is 29.3 Å². The summed E-state index contributed by atoms with van der Waals surface area (Å²) >= 11 is 0. The maximum absolute atomic E-state index is 12.3. The maximum atomic E-state index is 12.3. The second-order valence-corrected chi connectivity index (χ2v) is 4.87. The Morgan fingerprint density at radius 2 is 1.83 bits per heavy atom. The zero-order valence-corrected chi connectivity index (χ0v) is 11.1. The van der Waals surface area contributed by atoms with Crippen LogP contribution in [-0.4, -0.2) is 18.2 Å². The van der Waals surface area contributed by atoms with Crippen LogP contribution in [0.3, 0.4) is 0 Å². The van der Waals surface area contributed by atoms with E-state index in [1.165, 1.54) is 5.01 Å². The Kier molecular flexibility index (Phi) is 3.48. The average Bonchev–Trinajstić information content (AvgIpc) is 2.56. The summed E-state index contributed by atoms with van der Waals surface area (Å²) in [5.41, 5.74) is 9.50. The van der Waals surface area contributed by atoms with Gasteiger partial charge < -0.3 is 5.73 Å². The van der Waals surface area contributed by atoms with Gasteiger partial charge in [-0.1, -0.05) is 6.07 Å². The van der Waals surface area contributed by atoms with Crippen molar-refractivity contribution in [2.24, 2.45) is 16.8 Å². The van der Waals surface area contributed by atoms with Gasteiger partial charge in [-0.3, -0.25) is 4.79 Å². The monoisotopic (exact) mass is 245 g/mol. The van der Waals surface area contributed by atoms with Gasteiger partial charge in [0.2, 0.25) is 0 Å². The molecule has 1 aromatic carbocycles. The minimum atomic E-state index is -0.157. The van der Waals surface area contributed by atoms with Gasteiger partial charge in [0.25, 0.3) is 5.91 Å². The van der Waals surface area contributed by atoms with Crippen LogP contribution in [0.15, 0.2) is 23.3 Å². The van der Waals surface area contributed by atoms with Crippen LogP contribution in [-0.2, 0) is 4.79 Å². The number of nitrogens with two attached hydrogens (primary N) is 1. The molecule has 1 heterocycles. The van der Waals surface area contributed by atoms with Crippen LogP contribution < -0.4 is 10.7 Å². The number of aryl methyl sites for hydroxylation is 2. The van der Waals surface area contributed by atoms with Crippen LogP contribution in [0.25, 0.3) is 0 Å². The molecule has 1 atom stereocenters. The molecule has 0 saturated heterocycles. The number of carbonyl (C=O) groups is 1. The third-order valence-corrected chi connectivity index (χ3v) is 3.18. The lowest BCUT2D eigenvalue weighted by Gasteiger charge is -2.15. The fraction of sp³-hybridized carbons (Fsp3) is 0.429. The normalized spacial score (nSPS) is 19.3. The van der Waals surface area contributed by atoms with E-state index in [0.717, 1.165) is 22.5 Å². The van der Waals surface area contributed by atoms with Crippen molar-refractivity contribution < 1.29 is 4.79 Å². The standard InChI is InChI=1S/C14H19N3O/c1-9-6-10(2)8-12(7-9)17-14(18)13(4-5-15)11(3)16-17/h6-8,13H,4-5,15H2,1-3H3. The van der Waals surface area contributed by atoms with Crippen LogP contribution in [0, 0.1) is 19.8 Å². The first-order chi connectivity index (χ1) is 8.52. The highest BCUT2D eigenvalue weighted by Crippen LogP contribution is 2.27. The van der Waals surface area contributed by atoms with Gasteiger partial charge in [0.05, 0.1) is 11.6 Å².